The number of anilines is 2. The first-order valence-electron chi connectivity index (χ1n) is 12.2. The third kappa shape index (κ3) is 4.84. The number of thioether (sulfide) groups is 1. The second-order valence-electron chi connectivity index (χ2n) is 9.38. The normalized spacial score (nSPS) is 19.5. The summed E-state index contributed by atoms with van der Waals surface area (Å²) in [7, 11) is -3.61. The molecule has 1 aliphatic carbocycles. The molecule has 2 aliphatic heterocycles. The van der Waals surface area contributed by atoms with Crippen LogP contribution in [0, 0.1) is 0 Å². The van der Waals surface area contributed by atoms with E-state index in [0.29, 0.717) is 49.2 Å². The lowest BCUT2D eigenvalue weighted by molar-refractivity contribution is -0.122. The number of sulfonamides is 1. The zero-order valence-electron chi connectivity index (χ0n) is 20.3. The number of ether oxygens (including phenoxy) is 1. The number of nitrogens with zero attached hydrogens (tertiary/aromatic N) is 4. The van der Waals surface area contributed by atoms with Gasteiger partial charge in [0.05, 0.1) is 30.9 Å². The van der Waals surface area contributed by atoms with Crippen LogP contribution < -0.4 is 14.5 Å². The molecule has 1 aromatic heterocycles. The molecular weight excluding hydrogens is 510 g/mol. The van der Waals surface area contributed by atoms with E-state index in [-0.39, 0.29) is 16.8 Å². The Kier molecular flexibility index (Phi) is 6.39. The number of hydrogen-bond donors (Lipinski definition) is 1. The van der Waals surface area contributed by atoms with E-state index in [0.717, 1.165) is 23.3 Å². The van der Waals surface area contributed by atoms with Crippen molar-refractivity contribution in [3.05, 3.63) is 60.3 Å². The van der Waals surface area contributed by atoms with Crippen molar-refractivity contribution in [2.45, 2.75) is 41.3 Å². The number of carbonyl (C=O) groups is 1. The number of aromatic nitrogens is 2. The van der Waals surface area contributed by atoms with Crippen molar-refractivity contribution in [1.29, 1.82) is 0 Å². The summed E-state index contributed by atoms with van der Waals surface area (Å²) in [5.74, 6) is 1.02. The quantitative estimate of drug-likeness (QED) is 0.459. The van der Waals surface area contributed by atoms with Gasteiger partial charge in [0.1, 0.15) is 11.7 Å². The van der Waals surface area contributed by atoms with Crippen molar-refractivity contribution in [2.75, 3.05) is 35.8 Å². The number of morpholine rings is 1. The maximum absolute atomic E-state index is 13.5. The van der Waals surface area contributed by atoms with Gasteiger partial charge in [0.15, 0.2) is 11.6 Å². The lowest BCUT2D eigenvalue weighted by Crippen LogP contribution is -2.58. The Morgan fingerprint density at radius 3 is 2.73 bits per heavy atom. The van der Waals surface area contributed by atoms with Crippen LogP contribution in [0.5, 0.6) is 0 Å². The minimum absolute atomic E-state index is 0.0207. The van der Waals surface area contributed by atoms with Crippen LogP contribution in [-0.4, -0.2) is 62.4 Å². The molecule has 2 aromatic carbocycles. The van der Waals surface area contributed by atoms with E-state index in [1.54, 1.807) is 47.1 Å². The van der Waals surface area contributed by atoms with Crippen LogP contribution >= 0.6 is 11.8 Å². The second kappa shape index (κ2) is 9.71. The Bertz CT molecular complexity index is 1440. The van der Waals surface area contributed by atoms with E-state index in [4.69, 9.17) is 9.72 Å². The average molecular weight is 538 g/mol. The molecule has 1 saturated heterocycles. The average Bonchev–Trinajstić information content (AvgIpc) is 3.74. The molecule has 1 unspecified atom stereocenters. The highest BCUT2D eigenvalue weighted by molar-refractivity contribution is 7.98. The van der Waals surface area contributed by atoms with Gasteiger partial charge >= 0.3 is 0 Å². The van der Waals surface area contributed by atoms with E-state index in [1.165, 1.54) is 0 Å². The Labute approximate surface area is 220 Å². The van der Waals surface area contributed by atoms with Crippen molar-refractivity contribution in [2.24, 2.45) is 0 Å². The zero-order valence-corrected chi connectivity index (χ0v) is 22.0. The van der Waals surface area contributed by atoms with Gasteiger partial charge in [-0.15, -0.1) is 11.8 Å². The van der Waals surface area contributed by atoms with Gasteiger partial charge in [0.2, 0.25) is 10.0 Å². The third-order valence-electron chi connectivity index (χ3n) is 6.79. The summed E-state index contributed by atoms with van der Waals surface area (Å²) in [6.45, 7) is 1.73. The first kappa shape index (κ1) is 24.4. The Morgan fingerprint density at radius 2 is 1.97 bits per heavy atom. The van der Waals surface area contributed by atoms with Crippen LogP contribution in [0.25, 0.3) is 11.4 Å². The van der Waals surface area contributed by atoms with E-state index in [2.05, 4.69) is 9.71 Å². The maximum Gasteiger partial charge on any atom is 0.252 e. The van der Waals surface area contributed by atoms with Gasteiger partial charge in [-0.25, -0.2) is 23.1 Å². The number of benzene rings is 2. The number of rotatable bonds is 7. The molecule has 3 aliphatic rings. The summed E-state index contributed by atoms with van der Waals surface area (Å²) >= 11 is 1.67. The highest BCUT2D eigenvalue weighted by Gasteiger charge is 2.41. The highest BCUT2D eigenvalue weighted by Crippen LogP contribution is 2.37. The molecule has 6 rings (SSSR count). The number of carbonyl (C=O) groups excluding carboxylic acids is 1. The van der Waals surface area contributed by atoms with Crippen LogP contribution in [0.3, 0.4) is 0 Å². The predicted octanol–water partition coefficient (Wildman–Crippen LogP) is 3.06. The number of amides is 1. The minimum Gasteiger partial charge on any atom is -0.377 e. The summed E-state index contributed by atoms with van der Waals surface area (Å²) in [5.41, 5.74) is 2.25. The molecule has 11 heteroatoms. The summed E-state index contributed by atoms with van der Waals surface area (Å²) < 4.78 is 33.9. The van der Waals surface area contributed by atoms with E-state index in [1.807, 2.05) is 35.4 Å². The van der Waals surface area contributed by atoms with Crippen LogP contribution in [-0.2, 0) is 26.1 Å². The van der Waals surface area contributed by atoms with E-state index >= 15 is 0 Å². The Hall–Kier alpha value is -2.99. The maximum atomic E-state index is 13.5. The van der Waals surface area contributed by atoms with Gasteiger partial charge in [0.25, 0.3) is 5.91 Å². The van der Waals surface area contributed by atoms with Gasteiger partial charge < -0.3 is 14.5 Å². The van der Waals surface area contributed by atoms with Gasteiger partial charge in [-0.1, -0.05) is 24.3 Å². The predicted molar refractivity (Wildman–Crippen MR) is 142 cm³/mol. The Morgan fingerprint density at radius 1 is 1.16 bits per heavy atom. The van der Waals surface area contributed by atoms with E-state index in [9.17, 15) is 13.2 Å². The van der Waals surface area contributed by atoms with Gasteiger partial charge in [0, 0.05) is 23.0 Å². The topological polar surface area (TPSA) is 105 Å². The molecule has 2 fully saturated rings. The minimum atomic E-state index is -3.61. The zero-order chi connectivity index (χ0) is 25.6. The molecule has 0 bridgehead atoms. The molecule has 1 atom stereocenters. The fraction of sp³-hybridized carbons (Fsp3) is 0.346. The number of nitrogens with one attached hydrogen (secondary N) is 1. The molecule has 1 N–H and O–H groups in total. The van der Waals surface area contributed by atoms with Crippen LogP contribution in [0.2, 0.25) is 0 Å². The first-order chi connectivity index (χ1) is 17.9. The fourth-order valence-electron chi connectivity index (χ4n) is 4.64. The van der Waals surface area contributed by atoms with Crippen LogP contribution in [0.15, 0.2) is 64.5 Å². The largest absolute Gasteiger partial charge is 0.377 e. The molecule has 1 amide bonds. The molecule has 3 aromatic rings. The molecule has 192 valence electrons. The first-order valence-corrected chi connectivity index (χ1v) is 14.9. The second-order valence-corrected chi connectivity index (χ2v) is 12.0. The lowest BCUT2D eigenvalue weighted by atomic mass is 10.1. The molecule has 0 radical (unpaired) electrons. The van der Waals surface area contributed by atoms with Crippen molar-refractivity contribution in [3.8, 4) is 11.4 Å². The smallest absolute Gasteiger partial charge is 0.252 e. The summed E-state index contributed by atoms with van der Waals surface area (Å²) in [4.78, 5) is 28.0. The standard InChI is InChI=1S/C26H27N5O4S2/c1-36-20-9-5-17(6-10-20)15-31-22-14-27-24(28-25(22)30-11-12-35-16-23(30)26(31)32)18-3-2-4-21(13-18)37(33,34)29-19-7-8-19/h2-6,9-10,13-14,19,23,29H,7-8,11-12,15-16H2,1H3. The van der Waals surface area contributed by atoms with Gasteiger partial charge in [-0.2, -0.15) is 0 Å². The molecule has 0 spiro atoms. The van der Waals surface area contributed by atoms with Gasteiger partial charge in [-0.05, 0) is 48.9 Å². The van der Waals surface area contributed by atoms with E-state index < -0.39 is 16.1 Å². The van der Waals surface area contributed by atoms with Crippen molar-refractivity contribution >= 4 is 39.2 Å². The van der Waals surface area contributed by atoms with Crippen molar-refractivity contribution in [3.63, 3.8) is 0 Å². The van der Waals surface area contributed by atoms with Gasteiger partial charge in [-0.3, -0.25) is 4.79 Å². The third-order valence-corrected chi connectivity index (χ3v) is 9.06. The molecule has 37 heavy (non-hydrogen) atoms. The number of fused-ring (bicyclic) bond motifs is 3. The highest BCUT2D eigenvalue weighted by atomic mass is 32.2. The monoisotopic (exact) mass is 537 g/mol. The lowest BCUT2D eigenvalue weighted by Gasteiger charge is -2.43. The molecular formula is C26H27N5O4S2. The Balaban J connectivity index is 1.37. The molecule has 1 saturated carbocycles. The van der Waals surface area contributed by atoms with Crippen molar-refractivity contribution in [1.82, 2.24) is 14.7 Å². The van der Waals surface area contributed by atoms with Crippen LogP contribution in [0.1, 0.15) is 18.4 Å². The summed E-state index contributed by atoms with van der Waals surface area (Å²) in [5, 5.41) is 0. The SMILES string of the molecule is CSc1ccc(CN2C(=O)C3COCCN3c3nc(-c4cccc(S(=O)(=O)NC5CC5)c4)ncc32)cc1. The van der Waals surface area contributed by atoms with Crippen molar-refractivity contribution < 1.29 is 17.9 Å². The number of hydrogen-bond acceptors (Lipinski definition) is 8. The fourth-order valence-corrected chi connectivity index (χ4v) is 6.39. The summed E-state index contributed by atoms with van der Waals surface area (Å²) in [6, 6.07) is 14.4. The summed E-state index contributed by atoms with van der Waals surface area (Å²) in [6.07, 6.45) is 5.43. The molecule has 3 heterocycles. The van der Waals surface area contributed by atoms with Crippen LogP contribution in [0.4, 0.5) is 11.5 Å². The molecule has 9 nitrogen and oxygen atoms in total.